The summed E-state index contributed by atoms with van der Waals surface area (Å²) < 4.78 is 5.71. The second kappa shape index (κ2) is 8.54. The largest absolute Gasteiger partial charge is 0.478 e. The summed E-state index contributed by atoms with van der Waals surface area (Å²) in [4.78, 5) is 6.98. The number of rotatable bonds is 7. The minimum atomic E-state index is -1.11. The van der Waals surface area contributed by atoms with Gasteiger partial charge in [0.05, 0.1) is 12.3 Å². The number of fused-ring (bicyclic) bond motifs is 3. The van der Waals surface area contributed by atoms with Crippen LogP contribution < -0.4 is 4.74 Å². The lowest BCUT2D eigenvalue weighted by Gasteiger charge is -2.54. The van der Waals surface area contributed by atoms with Crippen LogP contribution in [0.2, 0.25) is 0 Å². The zero-order valence-electron chi connectivity index (χ0n) is 16.6. The maximum absolute atomic E-state index is 12.0. The topological polar surface area (TPSA) is 65.8 Å². The number of benzene rings is 1. The van der Waals surface area contributed by atoms with Gasteiger partial charge >= 0.3 is 0 Å². The summed E-state index contributed by atoms with van der Waals surface area (Å²) in [5.41, 5.74) is 1.63. The van der Waals surface area contributed by atoms with E-state index in [4.69, 9.17) is 21.3 Å². The molecular formula is C24H28N2O3. The third-order valence-corrected chi connectivity index (χ3v) is 6.24. The molecule has 3 aliphatic rings. The van der Waals surface area contributed by atoms with Crippen LogP contribution in [0.25, 0.3) is 0 Å². The molecule has 2 aromatic rings. The van der Waals surface area contributed by atoms with Gasteiger partial charge in [0.1, 0.15) is 11.6 Å². The summed E-state index contributed by atoms with van der Waals surface area (Å²) in [5.74, 6) is 3.50. The van der Waals surface area contributed by atoms with Gasteiger partial charge in [-0.3, -0.25) is 4.90 Å². The summed E-state index contributed by atoms with van der Waals surface area (Å²) in [6.07, 6.45) is 8.92. The van der Waals surface area contributed by atoms with Crippen LogP contribution in [-0.2, 0) is 12.0 Å². The van der Waals surface area contributed by atoms with Crippen LogP contribution in [0.5, 0.6) is 5.88 Å². The average molecular weight is 392 g/mol. The fraction of sp³-hybridized carbons (Fsp3) is 0.458. The Labute approximate surface area is 172 Å². The number of aliphatic hydroxyl groups is 2. The second-order valence-electron chi connectivity index (χ2n) is 7.94. The lowest BCUT2D eigenvalue weighted by molar-refractivity contribution is -0.143. The molecule has 2 unspecified atom stereocenters. The van der Waals surface area contributed by atoms with Gasteiger partial charge in [-0.1, -0.05) is 36.3 Å². The number of piperidine rings is 3. The normalized spacial score (nSPS) is 28.1. The van der Waals surface area contributed by atoms with Gasteiger partial charge in [0.15, 0.2) is 0 Å². The predicted molar refractivity (Wildman–Crippen MR) is 111 cm³/mol. The monoisotopic (exact) mass is 392 g/mol. The molecule has 3 aliphatic heterocycles. The number of hydrogen-bond acceptors (Lipinski definition) is 5. The van der Waals surface area contributed by atoms with Gasteiger partial charge < -0.3 is 14.9 Å². The number of aromatic nitrogens is 1. The lowest BCUT2D eigenvalue weighted by atomic mass is 9.66. The van der Waals surface area contributed by atoms with Gasteiger partial charge in [-0.05, 0) is 43.5 Å². The van der Waals surface area contributed by atoms with Crippen molar-refractivity contribution in [3.63, 3.8) is 0 Å². The van der Waals surface area contributed by atoms with E-state index in [1.807, 2.05) is 30.3 Å². The van der Waals surface area contributed by atoms with E-state index in [1.54, 1.807) is 0 Å². The molecule has 29 heavy (non-hydrogen) atoms. The van der Waals surface area contributed by atoms with Crippen molar-refractivity contribution in [3.8, 4) is 18.2 Å². The van der Waals surface area contributed by atoms with E-state index in [-0.39, 0.29) is 18.6 Å². The van der Waals surface area contributed by atoms with Gasteiger partial charge in [-0.25, -0.2) is 4.98 Å². The fourth-order valence-electron chi connectivity index (χ4n) is 4.79. The number of ether oxygens (including phenoxy) is 1. The highest BCUT2D eigenvalue weighted by Gasteiger charge is 2.54. The summed E-state index contributed by atoms with van der Waals surface area (Å²) in [6, 6.07) is 13.5. The van der Waals surface area contributed by atoms with Crippen molar-refractivity contribution in [1.29, 1.82) is 0 Å². The van der Waals surface area contributed by atoms with E-state index in [0.29, 0.717) is 25.3 Å². The first kappa shape index (κ1) is 19.9. The maximum atomic E-state index is 12.0. The van der Waals surface area contributed by atoms with E-state index in [1.165, 1.54) is 0 Å². The Morgan fingerprint density at radius 1 is 1.17 bits per heavy atom. The molecule has 0 saturated carbocycles. The van der Waals surface area contributed by atoms with Crippen LogP contribution in [0, 0.1) is 18.3 Å². The molecule has 0 amide bonds. The Hall–Kier alpha value is -2.39. The van der Waals surface area contributed by atoms with Crippen molar-refractivity contribution < 1.29 is 14.9 Å². The Morgan fingerprint density at radius 3 is 2.62 bits per heavy atom. The predicted octanol–water partition coefficient (Wildman–Crippen LogP) is 2.35. The standard InChI is InChI=1S/C24H28N2O3/c1-2-22-24(28,19-11-13-26(22)14-12-19)20-9-10-23(29-16-6-15-27)25-21(20)17-18-7-4-3-5-8-18/h1,3-5,7-10,19,22,27-28H,6,11-17H2. The van der Waals surface area contributed by atoms with E-state index in [9.17, 15) is 5.11 Å². The Morgan fingerprint density at radius 2 is 1.93 bits per heavy atom. The first-order chi connectivity index (χ1) is 14.2. The molecule has 2 N–H and O–H groups in total. The van der Waals surface area contributed by atoms with Crippen LogP contribution in [0.1, 0.15) is 36.1 Å². The number of pyridine rings is 1. The van der Waals surface area contributed by atoms with E-state index >= 15 is 0 Å². The van der Waals surface area contributed by atoms with Crippen molar-refractivity contribution in [1.82, 2.24) is 9.88 Å². The molecule has 5 heteroatoms. The highest BCUT2D eigenvalue weighted by atomic mass is 16.5. The van der Waals surface area contributed by atoms with Gasteiger partial charge in [-0.15, -0.1) is 6.42 Å². The van der Waals surface area contributed by atoms with Crippen LogP contribution in [0.4, 0.5) is 0 Å². The molecule has 3 saturated heterocycles. The number of nitrogens with zero attached hydrogens (tertiary/aromatic N) is 2. The van der Waals surface area contributed by atoms with Crippen LogP contribution >= 0.6 is 0 Å². The third-order valence-electron chi connectivity index (χ3n) is 6.24. The van der Waals surface area contributed by atoms with Gasteiger partial charge in [0, 0.05) is 31.1 Å². The molecule has 3 fully saturated rings. The van der Waals surface area contributed by atoms with Crippen LogP contribution in [0.15, 0.2) is 42.5 Å². The molecule has 4 heterocycles. The molecule has 152 valence electrons. The quantitative estimate of drug-likeness (QED) is 0.559. The van der Waals surface area contributed by atoms with Gasteiger partial charge in [-0.2, -0.15) is 0 Å². The molecular weight excluding hydrogens is 364 g/mol. The van der Waals surface area contributed by atoms with Crippen molar-refractivity contribution >= 4 is 0 Å². The highest BCUT2D eigenvalue weighted by Crippen LogP contribution is 2.47. The maximum Gasteiger partial charge on any atom is 0.213 e. The SMILES string of the molecule is C#CC1N2CCC(CC2)C1(O)c1ccc(OCCCO)nc1Cc1ccccc1. The van der Waals surface area contributed by atoms with Crippen molar-refractivity contribution in [2.45, 2.75) is 37.3 Å². The number of aliphatic hydroxyl groups excluding tert-OH is 1. The minimum Gasteiger partial charge on any atom is -0.478 e. The third kappa shape index (κ3) is 3.76. The summed E-state index contributed by atoms with van der Waals surface area (Å²) in [6.45, 7) is 2.36. The summed E-state index contributed by atoms with van der Waals surface area (Å²) in [7, 11) is 0. The zero-order chi connectivity index (χ0) is 20.3. The molecule has 5 nitrogen and oxygen atoms in total. The minimum absolute atomic E-state index is 0.0794. The van der Waals surface area contributed by atoms with Gasteiger partial charge in [0.25, 0.3) is 0 Å². The number of hydrogen-bond donors (Lipinski definition) is 2. The average Bonchev–Trinajstić information content (AvgIpc) is 2.75. The lowest BCUT2D eigenvalue weighted by Crippen LogP contribution is -2.63. The van der Waals surface area contributed by atoms with Crippen molar-refractivity contribution in [3.05, 3.63) is 59.3 Å². The first-order valence-corrected chi connectivity index (χ1v) is 10.4. The first-order valence-electron chi connectivity index (χ1n) is 10.4. The van der Waals surface area contributed by atoms with Crippen LogP contribution in [-0.4, -0.2) is 52.4 Å². The van der Waals surface area contributed by atoms with E-state index in [2.05, 4.69) is 23.0 Å². The Bertz CT molecular complexity index is 871. The highest BCUT2D eigenvalue weighted by molar-refractivity contribution is 5.39. The smallest absolute Gasteiger partial charge is 0.213 e. The molecule has 2 bridgehead atoms. The molecule has 1 aromatic heterocycles. The fourth-order valence-corrected chi connectivity index (χ4v) is 4.79. The second-order valence-corrected chi connectivity index (χ2v) is 7.94. The summed E-state index contributed by atoms with van der Waals surface area (Å²) >= 11 is 0. The molecule has 1 aromatic carbocycles. The van der Waals surface area contributed by atoms with Crippen molar-refractivity contribution in [2.75, 3.05) is 26.3 Å². The zero-order valence-corrected chi connectivity index (χ0v) is 16.6. The molecule has 5 rings (SSSR count). The van der Waals surface area contributed by atoms with E-state index in [0.717, 1.165) is 42.8 Å². The molecule has 0 spiro atoms. The summed E-state index contributed by atoms with van der Waals surface area (Å²) in [5, 5.41) is 21.0. The Kier molecular flexibility index (Phi) is 5.86. The molecule has 0 aliphatic carbocycles. The van der Waals surface area contributed by atoms with E-state index < -0.39 is 5.60 Å². The van der Waals surface area contributed by atoms with Crippen molar-refractivity contribution in [2.24, 2.45) is 5.92 Å². The van der Waals surface area contributed by atoms with Gasteiger partial charge in [0.2, 0.25) is 5.88 Å². The Balaban J connectivity index is 1.74. The molecule has 0 radical (unpaired) electrons. The number of terminal acetylenes is 1. The molecule has 2 atom stereocenters. The van der Waals surface area contributed by atoms with Crippen LogP contribution in [0.3, 0.4) is 0 Å².